The minimum atomic E-state index is -1.19. The molecule has 108 valence electrons. The Kier molecular flexibility index (Phi) is 6.61. The Labute approximate surface area is 109 Å². The molecule has 9 nitrogen and oxygen atoms in total. The highest BCUT2D eigenvalue weighted by Crippen LogP contribution is 1.99. The summed E-state index contributed by atoms with van der Waals surface area (Å²) in [6.45, 7) is 1.71. The van der Waals surface area contributed by atoms with Gasteiger partial charge in [0.1, 0.15) is 0 Å². The van der Waals surface area contributed by atoms with Gasteiger partial charge in [0, 0.05) is 26.1 Å². The van der Waals surface area contributed by atoms with Crippen LogP contribution in [0.25, 0.3) is 0 Å². The number of hydroxylamine groups is 1. The van der Waals surface area contributed by atoms with Gasteiger partial charge < -0.3 is 20.1 Å². The van der Waals surface area contributed by atoms with Gasteiger partial charge in [-0.3, -0.25) is 9.63 Å². The van der Waals surface area contributed by atoms with E-state index in [-0.39, 0.29) is 18.9 Å². The number of aliphatic carboxylic acids is 1. The summed E-state index contributed by atoms with van der Waals surface area (Å²) in [6, 6.07) is -0.684. The Morgan fingerprint density at radius 3 is 2.58 bits per heavy atom. The molecule has 0 aliphatic carbocycles. The van der Waals surface area contributed by atoms with E-state index in [0.717, 1.165) is 0 Å². The summed E-state index contributed by atoms with van der Waals surface area (Å²) in [7, 11) is 0. The molecule has 19 heavy (non-hydrogen) atoms. The number of morpholine rings is 1. The maximum atomic E-state index is 11.7. The molecule has 1 heterocycles. The number of hydrogen-bond donors (Lipinski definition) is 3. The predicted molar refractivity (Wildman–Crippen MR) is 62.1 cm³/mol. The summed E-state index contributed by atoms with van der Waals surface area (Å²) in [5, 5.41) is 10.6. The molecule has 0 radical (unpaired) electrons. The van der Waals surface area contributed by atoms with Crippen LogP contribution >= 0.6 is 0 Å². The van der Waals surface area contributed by atoms with Gasteiger partial charge >= 0.3 is 12.0 Å². The fraction of sp³-hybridized carbons (Fsp3) is 0.700. The average molecular weight is 275 g/mol. The molecule has 1 saturated heterocycles. The number of amides is 3. The van der Waals surface area contributed by atoms with Gasteiger partial charge in [0.25, 0.3) is 0 Å². The molecule has 1 aliphatic rings. The van der Waals surface area contributed by atoms with E-state index in [1.165, 1.54) is 0 Å². The summed E-state index contributed by atoms with van der Waals surface area (Å²) >= 11 is 0. The van der Waals surface area contributed by atoms with Crippen LogP contribution in [0.1, 0.15) is 6.42 Å². The Bertz CT molecular complexity index is 329. The van der Waals surface area contributed by atoms with Gasteiger partial charge in [-0.15, -0.1) is 0 Å². The van der Waals surface area contributed by atoms with Gasteiger partial charge in [-0.25, -0.2) is 15.1 Å². The van der Waals surface area contributed by atoms with Crippen molar-refractivity contribution in [2.75, 3.05) is 39.5 Å². The Morgan fingerprint density at radius 2 is 1.95 bits per heavy atom. The lowest BCUT2D eigenvalue weighted by molar-refractivity contribution is -0.144. The largest absolute Gasteiger partial charge is 0.479 e. The number of carboxylic acid groups (broad SMARTS) is 1. The maximum absolute atomic E-state index is 11.7. The van der Waals surface area contributed by atoms with Crippen molar-refractivity contribution in [1.29, 1.82) is 0 Å². The Hall–Kier alpha value is -1.87. The first kappa shape index (κ1) is 15.2. The molecule has 0 aromatic heterocycles. The Morgan fingerprint density at radius 1 is 1.26 bits per heavy atom. The van der Waals surface area contributed by atoms with Crippen molar-refractivity contribution in [2.45, 2.75) is 6.42 Å². The molecule has 0 atom stereocenters. The van der Waals surface area contributed by atoms with E-state index in [0.29, 0.717) is 26.3 Å². The van der Waals surface area contributed by atoms with E-state index in [4.69, 9.17) is 9.84 Å². The van der Waals surface area contributed by atoms with Crippen LogP contribution in [0.3, 0.4) is 0 Å². The number of ether oxygens (including phenoxy) is 1. The number of carboxylic acids is 1. The molecular weight excluding hydrogens is 258 g/mol. The molecule has 1 rings (SSSR count). The number of nitrogens with zero attached hydrogens (tertiary/aromatic N) is 1. The van der Waals surface area contributed by atoms with Crippen LogP contribution in [0.4, 0.5) is 4.79 Å². The molecule has 3 N–H and O–H groups in total. The van der Waals surface area contributed by atoms with Crippen LogP contribution in [-0.4, -0.2) is 67.4 Å². The van der Waals surface area contributed by atoms with Gasteiger partial charge in [-0.1, -0.05) is 0 Å². The number of carbonyl (C=O) groups excluding carboxylic acids is 2. The standard InChI is InChI=1S/C10H17N3O6/c14-8(13-3-5-18-6-4-13)1-2-11-10(17)12-19-7-9(15)16/h1-7H2,(H,15,16)(H2,11,12,17). The van der Waals surface area contributed by atoms with E-state index in [9.17, 15) is 14.4 Å². The number of carbonyl (C=O) groups is 3. The van der Waals surface area contributed by atoms with E-state index >= 15 is 0 Å². The third kappa shape index (κ3) is 6.58. The second-order valence-electron chi connectivity index (χ2n) is 3.78. The highest BCUT2D eigenvalue weighted by atomic mass is 16.7. The van der Waals surface area contributed by atoms with E-state index in [2.05, 4.69) is 10.2 Å². The third-order valence-corrected chi connectivity index (χ3v) is 2.35. The fourth-order valence-corrected chi connectivity index (χ4v) is 1.45. The van der Waals surface area contributed by atoms with Crippen molar-refractivity contribution < 1.29 is 29.1 Å². The van der Waals surface area contributed by atoms with Gasteiger partial charge in [-0.05, 0) is 0 Å². The third-order valence-electron chi connectivity index (χ3n) is 2.35. The normalized spacial score (nSPS) is 14.8. The number of hydrogen-bond acceptors (Lipinski definition) is 5. The smallest absolute Gasteiger partial charge is 0.338 e. The first-order valence-corrected chi connectivity index (χ1v) is 5.82. The number of nitrogens with one attached hydrogen (secondary N) is 2. The summed E-state index contributed by atoms with van der Waals surface area (Å²) in [5.41, 5.74) is 1.89. The van der Waals surface area contributed by atoms with Crippen LogP contribution in [-0.2, 0) is 19.2 Å². The first-order chi connectivity index (χ1) is 9.09. The molecule has 0 spiro atoms. The minimum absolute atomic E-state index is 0.0601. The van der Waals surface area contributed by atoms with Crippen molar-refractivity contribution >= 4 is 17.9 Å². The van der Waals surface area contributed by atoms with E-state index in [1.807, 2.05) is 5.48 Å². The molecule has 0 aromatic rings. The van der Waals surface area contributed by atoms with Crippen LogP contribution in [0.15, 0.2) is 0 Å². The summed E-state index contributed by atoms with van der Waals surface area (Å²) < 4.78 is 5.12. The first-order valence-electron chi connectivity index (χ1n) is 5.82. The highest BCUT2D eigenvalue weighted by Gasteiger charge is 2.16. The zero-order valence-corrected chi connectivity index (χ0v) is 10.4. The quantitative estimate of drug-likeness (QED) is 0.511. The van der Waals surface area contributed by atoms with Crippen LogP contribution in [0.5, 0.6) is 0 Å². The lowest BCUT2D eigenvalue weighted by atomic mass is 10.3. The molecule has 0 unspecified atom stereocenters. The fourth-order valence-electron chi connectivity index (χ4n) is 1.45. The van der Waals surface area contributed by atoms with Crippen molar-refractivity contribution in [3.63, 3.8) is 0 Å². The van der Waals surface area contributed by atoms with Gasteiger partial charge in [0.15, 0.2) is 6.61 Å². The highest BCUT2D eigenvalue weighted by molar-refractivity contribution is 5.78. The Balaban J connectivity index is 2.06. The van der Waals surface area contributed by atoms with E-state index in [1.54, 1.807) is 4.90 Å². The van der Waals surface area contributed by atoms with Crippen LogP contribution < -0.4 is 10.8 Å². The summed E-state index contributed by atoms with van der Waals surface area (Å²) in [4.78, 5) is 38.9. The van der Waals surface area contributed by atoms with Gasteiger partial charge in [0.2, 0.25) is 5.91 Å². The van der Waals surface area contributed by atoms with Crippen LogP contribution in [0.2, 0.25) is 0 Å². The molecule has 9 heteroatoms. The minimum Gasteiger partial charge on any atom is -0.479 e. The second kappa shape index (κ2) is 8.27. The summed E-state index contributed by atoms with van der Waals surface area (Å²) in [5.74, 6) is -1.25. The molecule has 0 aromatic carbocycles. The summed E-state index contributed by atoms with van der Waals surface area (Å²) in [6.07, 6.45) is 0.173. The topological polar surface area (TPSA) is 117 Å². The van der Waals surface area contributed by atoms with Crippen molar-refractivity contribution in [1.82, 2.24) is 15.7 Å². The second-order valence-corrected chi connectivity index (χ2v) is 3.78. The van der Waals surface area contributed by atoms with Crippen molar-refractivity contribution in [3.05, 3.63) is 0 Å². The molecule has 1 aliphatic heterocycles. The predicted octanol–water partition coefficient (Wildman–Crippen LogP) is -1.45. The number of urea groups is 1. The molecule has 1 fully saturated rings. The lowest BCUT2D eigenvalue weighted by Crippen LogP contribution is -2.43. The van der Waals surface area contributed by atoms with E-state index < -0.39 is 18.6 Å². The monoisotopic (exact) mass is 275 g/mol. The molecular formula is C10H17N3O6. The van der Waals surface area contributed by atoms with Crippen LogP contribution in [0, 0.1) is 0 Å². The molecule has 3 amide bonds. The zero-order valence-electron chi connectivity index (χ0n) is 10.4. The molecule has 0 bridgehead atoms. The van der Waals surface area contributed by atoms with Crippen molar-refractivity contribution in [3.8, 4) is 0 Å². The zero-order chi connectivity index (χ0) is 14.1. The molecule has 0 saturated carbocycles. The van der Waals surface area contributed by atoms with Gasteiger partial charge in [0.05, 0.1) is 13.2 Å². The van der Waals surface area contributed by atoms with Crippen molar-refractivity contribution in [2.24, 2.45) is 0 Å². The van der Waals surface area contributed by atoms with Gasteiger partial charge in [-0.2, -0.15) is 0 Å². The average Bonchev–Trinajstić information content (AvgIpc) is 2.39. The SMILES string of the molecule is O=C(O)CONC(=O)NCCC(=O)N1CCOCC1. The maximum Gasteiger partial charge on any atom is 0.338 e. The number of rotatable bonds is 6. The lowest BCUT2D eigenvalue weighted by Gasteiger charge is -2.26.